The van der Waals surface area contributed by atoms with Crippen LogP contribution in [0.2, 0.25) is 0 Å². The van der Waals surface area contributed by atoms with E-state index in [1.165, 1.54) is 0 Å². The van der Waals surface area contributed by atoms with E-state index >= 15 is 0 Å². The van der Waals surface area contributed by atoms with Gasteiger partial charge in [-0.2, -0.15) is 0 Å². The quantitative estimate of drug-likeness (QED) is 0.911. The first-order valence-electron chi connectivity index (χ1n) is 7.23. The van der Waals surface area contributed by atoms with Crippen molar-refractivity contribution in [3.8, 4) is 11.5 Å². The molecule has 0 aliphatic rings. The van der Waals surface area contributed by atoms with E-state index in [4.69, 9.17) is 0 Å². The van der Waals surface area contributed by atoms with Crippen LogP contribution in [0.4, 0.5) is 0 Å². The first kappa shape index (κ1) is 18.0. The van der Waals surface area contributed by atoms with Crippen molar-refractivity contribution in [1.29, 1.82) is 0 Å². The summed E-state index contributed by atoms with van der Waals surface area (Å²) in [6.45, 7) is 1.57. The van der Waals surface area contributed by atoms with E-state index in [-0.39, 0.29) is 0 Å². The first-order valence-corrected chi connectivity index (χ1v) is 7.23. The Bertz CT molecular complexity index is 517. The zero-order valence-corrected chi connectivity index (χ0v) is 13.8. The highest BCUT2D eigenvalue weighted by molar-refractivity contribution is 5.32. The van der Waals surface area contributed by atoms with Gasteiger partial charge in [-0.3, -0.25) is 0 Å². The number of hydrogen-bond acceptors (Lipinski definition) is 4. The summed E-state index contributed by atoms with van der Waals surface area (Å²) in [6.07, 6.45) is 0. The lowest BCUT2D eigenvalue weighted by molar-refractivity contribution is 0.386. The van der Waals surface area contributed by atoms with Crippen molar-refractivity contribution < 1.29 is 10.2 Å². The van der Waals surface area contributed by atoms with Gasteiger partial charge in [0.15, 0.2) is 0 Å². The van der Waals surface area contributed by atoms with Crippen LogP contribution in [0.25, 0.3) is 0 Å². The molecule has 0 bridgehead atoms. The molecule has 2 aromatic rings. The van der Waals surface area contributed by atoms with Crippen LogP contribution in [0.15, 0.2) is 48.5 Å². The SMILES string of the molecule is CN(C)Cc1ccccc1O.CN(C)Cc1ccccc1O. The summed E-state index contributed by atoms with van der Waals surface area (Å²) in [6, 6.07) is 14.8. The highest BCUT2D eigenvalue weighted by Crippen LogP contribution is 2.16. The molecule has 0 heterocycles. The minimum Gasteiger partial charge on any atom is -0.508 e. The summed E-state index contributed by atoms with van der Waals surface area (Å²) >= 11 is 0. The summed E-state index contributed by atoms with van der Waals surface area (Å²) in [5, 5.41) is 18.7. The van der Waals surface area contributed by atoms with Crippen LogP contribution in [0.3, 0.4) is 0 Å². The Kier molecular flexibility index (Phi) is 7.43. The van der Waals surface area contributed by atoms with Crippen molar-refractivity contribution >= 4 is 0 Å². The third-order valence-electron chi connectivity index (χ3n) is 2.96. The predicted molar refractivity (Wildman–Crippen MR) is 91.0 cm³/mol. The third kappa shape index (κ3) is 6.61. The second-order valence-electron chi connectivity index (χ2n) is 5.73. The molecule has 2 N–H and O–H groups in total. The fourth-order valence-electron chi connectivity index (χ4n) is 1.97. The van der Waals surface area contributed by atoms with E-state index < -0.39 is 0 Å². The number of phenolic OH excluding ortho intramolecular Hbond substituents is 2. The molecule has 4 nitrogen and oxygen atoms in total. The third-order valence-corrected chi connectivity index (χ3v) is 2.96. The molecular weight excluding hydrogens is 276 g/mol. The number of benzene rings is 2. The van der Waals surface area contributed by atoms with Crippen LogP contribution < -0.4 is 0 Å². The molecule has 0 amide bonds. The van der Waals surface area contributed by atoms with Crippen molar-refractivity contribution in [3.63, 3.8) is 0 Å². The summed E-state index contributed by atoms with van der Waals surface area (Å²) in [4.78, 5) is 4.05. The molecular formula is C18H26N2O2. The molecule has 0 saturated carbocycles. The minimum absolute atomic E-state index is 0.376. The average Bonchev–Trinajstić information content (AvgIpc) is 2.44. The maximum atomic E-state index is 9.33. The molecule has 0 aliphatic heterocycles. The summed E-state index contributed by atoms with van der Waals surface area (Å²) in [7, 11) is 7.91. The average molecular weight is 302 g/mol. The van der Waals surface area contributed by atoms with Gasteiger partial charge in [-0.15, -0.1) is 0 Å². The Morgan fingerprint density at radius 3 is 1.23 bits per heavy atom. The van der Waals surface area contributed by atoms with Gasteiger partial charge < -0.3 is 20.0 Å². The van der Waals surface area contributed by atoms with E-state index in [0.717, 1.165) is 24.2 Å². The molecule has 0 radical (unpaired) electrons. The molecule has 0 atom stereocenters. The molecule has 4 heteroatoms. The number of phenols is 2. The van der Waals surface area contributed by atoms with Crippen molar-refractivity contribution in [3.05, 3.63) is 59.7 Å². The fourth-order valence-corrected chi connectivity index (χ4v) is 1.97. The van der Waals surface area contributed by atoms with Crippen LogP contribution in [0, 0.1) is 0 Å². The lowest BCUT2D eigenvalue weighted by Crippen LogP contribution is -2.10. The monoisotopic (exact) mass is 302 g/mol. The van der Waals surface area contributed by atoms with Crippen LogP contribution >= 0.6 is 0 Å². The highest BCUT2D eigenvalue weighted by Gasteiger charge is 1.99. The topological polar surface area (TPSA) is 46.9 Å². The Labute approximate surface area is 133 Å². The van der Waals surface area contributed by atoms with Crippen molar-refractivity contribution in [2.75, 3.05) is 28.2 Å². The lowest BCUT2D eigenvalue weighted by Gasteiger charge is -2.10. The molecule has 0 fully saturated rings. The maximum Gasteiger partial charge on any atom is 0.120 e. The number of nitrogens with zero attached hydrogens (tertiary/aromatic N) is 2. The van der Waals surface area contributed by atoms with Gasteiger partial charge in [0.2, 0.25) is 0 Å². The van der Waals surface area contributed by atoms with Crippen LogP contribution in [-0.4, -0.2) is 48.2 Å². The standard InChI is InChI=1S/2C9H13NO/c2*1-10(2)7-8-5-3-4-6-9(8)11/h2*3-6,11H,7H2,1-2H3. The molecule has 0 aliphatic carbocycles. The first-order chi connectivity index (χ1) is 10.4. The van der Waals surface area contributed by atoms with Gasteiger partial charge >= 0.3 is 0 Å². The molecule has 0 unspecified atom stereocenters. The molecule has 0 saturated heterocycles. The largest absolute Gasteiger partial charge is 0.508 e. The van der Waals surface area contributed by atoms with E-state index in [0.29, 0.717) is 11.5 Å². The van der Waals surface area contributed by atoms with Crippen molar-refractivity contribution in [1.82, 2.24) is 9.80 Å². The van der Waals surface area contributed by atoms with Gasteiger partial charge in [0.25, 0.3) is 0 Å². The molecule has 120 valence electrons. The Morgan fingerprint density at radius 1 is 0.636 bits per heavy atom. The number of aromatic hydroxyl groups is 2. The number of hydrogen-bond donors (Lipinski definition) is 2. The summed E-state index contributed by atoms with van der Waals surface area (Å²) < 4.78 is 0. The van der Waals surface area contributed by atoms with Crippen molar-refractivity contribution in [2.24, 2.45) is 0 Å². The summed E-state index contributed by atoms with van der Waals surface area (Å²) in [5.41, 5.74) is 1.94. The maximum absolute atomic E-state index is 9.33. The zero-order chi connectivity index (χ0) is 16.5. The lowest BCUT2D eigenvalue weighted by atomic mass is 10.2. The molecule has 2 aromatic carbocycles. The highest BCUT2D eigenvalue weighted by atomic mass is 16.3. The van der Waals surface area contributed by atoms with E-state index in [2.05, 4.69) is 0 Å². The fraction of sp³-hybridized carbons (Fsp3) is 0.333. The van der Waals surface area contributed by atoms with Crippen LogP contribution in [-0.2, 0) is 13.1 Å². The van der Waals surface area contributed by atoms with Crippen molar-refractivity contribution in [2.45, 2.75) is 13.1 Å². The Hall–Kier alpha value is -2.04. The normalized spacial score (nSPS) is 10.5. The Morgan fingerprint density at radius 2 is 0.955 bits per heavy atom. The second-order valence-corrected chi connectivity index (χ2v) is 5.73. The Balaban J connectivity index is 0.000000220. The predicted octanol–water partition coefficient (Wildman–Crippen LogP) is 2.91. The van der Waals surface area contributed by atoms with Gasteiger partial charge in [-0.05, 0) is 40.3 Å². The van der Waals surface area contributed by atoms with Gasteiger partial charge in [0, 0.05) is 24.2 Å². The molecule has 22 heavy (non-hydrogen) atoms. The minimum atomic E-state index is 0.376. The van der Waals surface area contributed by atoms with Gasteiger partial charge in [-0.25, -0.2) is 0 Å². The number of para-hydroxylation sites is 2. The second kappa shape index (κ2) is 9.07. The molecule has 0 aromatic heterocycles. The van der Waals surface area contributed by atoms with E-state index in [1.807, 2.05) is 74.4 Å². The van der Waals surface area contributed by atoms with Gasteiger partial charge in [0.1, 0.15) is 11.5 Å². The molecule has 2 rings (SSSR count). The summed E-state index contributed by atoms with van der Waals surface area (Å²) in [5.74, 6) is 0.752. The smallest absolute Gasteiger partial charge is 0.120 e. The number of rotatable bonds is 4. The van der Waals surface area contributed by atoms with E-state index in [1.54, 1.807) is 12.1 Å². The van der Waals surface area contributed by atoms with Gasteiger partial charge in [0.05, 0.1) is 0 Å². The van der Waals surface area contributed by atoms with Gasteiger partial charge in [-0.1, -0.05) is 36.4 Å². The van der Waals surface area contributed by atoms with E-state index in [9.17, 15) is 10.2 Å². The molecule has 0 spiro atoms. The van der Waals surface area contributed by atoms with Crippen LogP contribution in [0.5, 0.6) is 11.5 Å². The zero-order valence-electron chi connectivity index (χ0n) is 13.8. The van der Waals surface area contributed by atoms with Crippen LogP contribution in [0.1, 0.15) is 11.1 Å².